The molecule has 1 aromatic rings. The van der Waals surface area contributed by atoms with Crippen molar-refractivity contribution in [3.8, 4) is 0 Å². The van der Waals surface area contributed by atoms with Crippen LogP contribution in [0.25, 0.3) is 0 Å². The Morgan fingerprint density at radius 1 is 1.45 bits per heavy atom. The van der Waals surface area contributed by atoms with E-state index in [1.165, 1.54) is 0 Å². The van der Waals surface area contributed by atoms with Gasteiger partial charge in [0, 0.05) is 0 Å². The summed E-state index contributed by atoms with van der Waals surface area (Å²) in [5, 5.41) is 0. The van der Waals surface area contributed by atoms with Crippen LogP contribution in [0.4, 0.5) is 0 Å². The zero-order valence-electron chi connectivity index (χ0n) is 11.7. The van der Waals surface area contributed by atoms with E-state index >= 15 is 0 Å². The van der Waals surface area contributed by atoms with Crippen LogP contribution in [0.3, 0.4) is 0 Å². The Kier molecular flexibility index (Phi) is 5.35. The van der Waals surface area contributed by atoms with Crippen molar-refractivity contribution in [1.82, 2.24) is 4.90 Å². The first-order valence-corrected chi connectivity index (χ1v) is 7.55. The standard InChI is InChI=1S/C15H19NO3Se/c1-11(2)13-9-19-15(20)16(13)14(17)10-18-8-12-6-4-3-5-7-12/h3-7,11,13H,8-10H2,1-2H3/t13-/m1/s1/i10+1. The second kappa shape index (κ2) is 7.02. The van der Waals surface area contributed by atoms with Crippen molar-refractivity contribution >= 4 is 26.2 Å². The Labute approximate surface area is 127 Å². The van der Waals surface area contributed by atoms with Gasteiger partial charge in [-0.3, -0.25) is 0 Å². The fraction of sp³-hybridized carbons (Fsp3) is 0.467. The van der Waals surface area contributed by atoms with Crippen molar-refractivity contribution < 1.29 is 14.3 Å². The first-order chi connectivity index (χ1) is 9.59. The Bertz CT molecular complexity index is 475. The maximum atomic E-state index is 12.2. The third-order valence-corrected chi connectivity index (χ3v) is 3.94. The number of benzene rings is 1. The molecule has 0 unspecified atom stereocenters. The molecule has 0 aromatic heterocycles. The molecule has 4 nitrogen and oxygen atoms in total. The van der Waals surface area contributed by atoms with Gasteiger partial charge in [0.05, 0.1) is 0 Å². The minimum absolute atomic E-state index is 0.0622. The molecule has 0 aliphatic carbocycles. The van der Waals surface area contributed by atoms with Crippen molar-refractivity contribution in [3.63, 3.8) is 0 Å². The zero-order valence-corrected chi connectivity index (χ0v) is 13.5. The van der Waals surface area contributed by atoms with Crippen molar-refractivity contribution in [2.75, 3.05) is 13.2 Å². The van der Waals surface area contributed by atoms with Crippen LogP contribution in [0.15, 0.2) is 30.3 Å². The Morgan fingerprint density at radius 2 is 2.15 bits per heavy atom. The average molecular weight is 341 g/mol. The Morgan fingerprint density at radius 3 is 2.80 bits per heavy atom. The van der Waals surface area contributed by atoms with Gasteiger partial charge >= 0.3 is 127 Å². The fourth-order valence-corrected chi connectivity index (χ4v) is 2.75. The van der Waals surface area contributed by atoms with Crippen LogP contribution in [0, 0.1) is 5.92 Å². The van der Waals surface area contributed by atoms with Crippen LogP contribution < -0.4 is 0 Å². The van der Waals surface area contributed by atoms with Gasteiger partial charge in [-0.05, 0) is 0 Å². The van der Waals surface area contributed by atoms with Crippen molar-refractivity contribution in [2.24, 2.45) is 5.92 Å². The van der Waals surface area contributed by atoms with Crippen LogP contribution in [0.1, 0.15) is 19.4 Å². The fourth-order valence-electron chi connectivity index (χ4n) is 2.11. The molecule has 0 radical (unpaired) electrons. The van der Waals surface area contributed by atoms with Crippen LogP contribution in [0.5, 0.6) is 0 Å². The molecule has 0 spiro atoms. The van der Waals surface area contributed by atoms with Gasteiger partial charge in [-0.25, -0.2) is 0 Å². The third-order valence-electron chi connectivity index (χ3n) is 3.28. The molecule has 0 bridgehead atoms. The van der Waals surface area contributed by atoms with E-state index < -0.39 is 0 Å². The number of carbonyl (C=O) groups excluding carboxylic acids is 1. The number of carbonyl (C=O) groups is 1. The van der Waals surface area contributed by atoms with Gasteiger partial charge in [0.25, 0.3) is 0 Å². The molecule has 0 saturated carbocycles. The summed E-state index contributed by atoms with van der Waals surface area (Å²) in [6.45, 7) is 5.21. The molecule has 1 saturated heterocycles. The number of nitrogens with zero attached hydrogens (tertiary/aromatic N) is 1. The van der Waals surface area contributed by atoms with Gasteiger partial charge in [0.15, 0.2) is 0 Å². The summed E-state index contributed by atoms with van der Waals surface area (Å²) < 4.78 is 11.5. The van der Waals surface area contributed by atoms with E-state index in [2.05, 4.69) is 29.4 Å². The Hall–Kier alpha value is -1.16. The third kappa shape index (κ3) is 3.69. The second-order valence-corrected chi connectivity index (χ2v) is 5.86. The summed E-state index contributed by atoms with van der Waals surface area (Å²) in [5.74, 6) is 0.282. The van der Waals surface area contributed by atoms with Gasteiger partial charge in [0.1, 0.15) is 0 Å². The van der Waals surface area contributed by atoms with Crippen molar-refractivity contribution in [2.45, 2.75) is 26.5 Å². The summed E-state index contributed by atoms with van der Waals surface area (Å²) in [6, 6.07) is 9.90. The van der Waals surface area contributed by atoms with Crippen molar-refractivity contribution in [1.29, 1.82) is 0 Å². The molecule has 0 N–H and O–H groups in total. The molecule has 1 amide bonds. The summed E-state index contributed by atoms with van der Waals surface area (Å²) in [6.07, 6.45) is 0. The molecular formula is C15H19NO3Se. The second-order valence-electron chi connectivity index (χ2n) is 5.13. The van der Waals surface area contributed by atoms with Gasteiger partial charge in [-0.1, -0.05) is 0 Å². The number of hydrogen-bond donors (Lipinski definition) is 0. The van der Waals surface area contributed by atoms with E-state index in [0.29, 0.717) is 23.9 Å². The molecule has 1 aliphatic rings. The molecule has 1 aromatic carbocycles. The SMILES string of the molecule is CC(C)[C@H]1COC(=[Se])N1C(=O)[13CH2]OCc1ccccc1. The average Bonchev–Trinajstić information content (AvgIpc) is 2.82. The normalized spacial score (nSPS) is 18.4. The predicted molar refractivity (Wildman–Crippen MR) is 78.3 cm³/mol. The van der Waals surface area contributed by atoms with Gasteiger partial charge in [-0.2, -0.15) is 0 Å². The predicted octanol–water partition coefficient (Wildman–Crippen LogP) is 1.34. The van der Waals surface area contributed by atoms with E-state index in [4.69, 9.17) is 9.47 Å². The first-order valence-electron chi connectivity index (χ1n) is 6.70. The number of ether oxygens (including phenoxy) is 2. The molecular weight excluding hydrogens is 322 g/mol. The summed E-state index contributed by atoms with van der Waals surface area (Å²) in [7, 11) is 0. The van der Waals surface area contributed by atoms with E-state index in [-0.39, 0.29) is 18.6 Å². The topological polar surface area (TPSA) is 38.8 Å². The number of amides is 1. The molecule has 5 heteroatoms. The molecule has 108 valence electrons. The molecule has 2 rings (SSSR count). The van der Waals surface area contributed by atoms with Crippen LogP contribution in [-0.4, -0.2) is 50.4 Å². The van der Waals surface area contributed by atoms with Crippen LogP contribution in [-0.2, 0) is 20.9 Å². The van der Waals surface area contributed by atoms with Crippen molar-refractivity contribution in [3.05, 3.63) is 35.9 Å². The monoisotopic (exact) mass is 342 g/mol. The summed E-state index contributed by atoms with van der Waals surface area (Å²) >= 11 is 2.81. The van der Waals surface area contributed by atoms with Crippen LogP contribution in [0.2, 0.25) is 0 Å². The van der Waals surface area contributed by atoms with E-state index in [0.717, 1.165) is 5.56 Å². The summed E-state index contributed by atoms with van der Waals surface area (Å²) in [4.78, 5) is 13.9. The molecule has 1 atom stereocenters. The number of rotatable bonds is 5. The zero-order chi connectivity index (χ0) is 14.5. The minimum atomic E-state index is -0.0640. The van der Waals surface area contributed by atoms with Crippen LogP contribution >= 0.6 is 0 Å². The van der Waals surface area contributed by atoms with E-state index in [1.807, 2.05) is 30.3 Å². The van der Waals surface area contributed by atoms with E-state index in [1.54, 1.807) is 4.90 Å². The van der Waals surface area contributed by atoms with Gasteiger partial charge < -0.3 is 0 Å². The molecule has 20 heavy (non-hydrogen) atoms. The van der Waals surface area contributed by atoms with Gasteiger partial charge in [0.2, 0.25) is 0 Å². The maximum absolute atomic E-state index is 12.2. The Balaban J connectivity index is 1.86. The first kappa shape index (κ1) is 15.2. The summed E-state index contributed by atoms with van der Waals surface area (Å²) in [5.41, 5.74) is 1.06. The molecule has 1 aliphatic heterocycles. The molecule has 1 fully saturated rings. The van der Waals surface area contributed by atoms with E-state index in [9.17, 15) is 4.79 Å². The number of hydrogen-bond acceptors (Lipinski definition) is 3. The molecule has 1 heterocycles. The quantitative estimate of drug-likeness (QED) is 0.599. The van der Waals surface area contributed by atoms with Gasteiger partial charge in [-0.15, -0.1) is 0 Å².